The summed E-state index contributed by atoms with van der Waals surface area (Å²) in [7, 11) is 0. The second kappa shape index (κ2) is 4.83. The number of aliphatic hydroxyl groups excluding tert-OH is 2. The first-order valence-corrected chi connectivity index (χ1v) is 9.49. The summed E-state index contributed by atoms with van der Waals surface area (Å²) in [4.78, 5) is 0. The third-order valence-electron chi connectivity index (χ3n) is 8.37. The minimum absolute atomic E-state index is 0.0267. The summed E-state index contributed by atoms with van der Waals surface area (Å²) in [5, 5.41) is 32.0. The van der Waals surface area contributed by atoms with Gasteiger partial charge in [0, 0.05) is 0 Å². The molecule has 0 spiro atoms. The van der Waals surface area contributed by atoms with Gasteiger partial charge in [0.05, 0.1) is 17.8 Å². The summed E-state index contributed by atoms with van der Waals surface area (Å²) in [6, 6.07) is 0. The van der Waals surface area contributed by atoms with Crippen LogP contribution in [0.25, 0.3) is 0 Å². The third-order valence-corrected chi connectivity index (χ3v) is 8.37. The fourth-order valence-electron chi connectivity index (χ4n) is 6.95. The van der Waals surface area contributed by atoms with Gasteiger partial charge in [-0.05, 0) is 80.5 Å². The largest absolute Gasteiger partial charge is 0.393 e. The molecule has 3 saturated carbocycles. The average Bonchev–Trinajstić information content (AvgIpc) is 2.77. The summed E-state index contributed by atoms with van der Waals surface area (Å²) >= 11 is 0. The number of aliphatic hydroxyl groups is 3. The highest BCUT2D eigenvalue weighted by Gasteiger charge is 2.63. The molecule has 0 heterocycles. The van der Waals surface area contributed by atoms with Crippen LogP contribution in [0.2, 0.25) is 0 Å². The van der Waals surface area contributed by atoms with Crippen molar-refractivity contribution in [3.8, 4) is 0 Å². The molecule has 3 N–H and O–H groups in total. The molecule has 0 aromatic heterocycles. The van der Waals surface area contributed by atoms with Gasteiger partial charge in [0.25, 0.3) is 0 Å². The Morgan fingerprint density at radius 1 is 0.957 bits per heavy atom. The molecule has 4 rings (SSSR count). The Balaban J connectivity index is 1.79. The number of hydrogen-bond donors (Lipinski definition) is 3. The molecule has 3 heteroatoms. The first-order valence-electron chi connectivity index (χ1n) is 9.49. The number of rotatable bonds is 0. The zero-order chi connectivity index (χ0) is 16.6. The summed E-state index contributed by atoms with van der Waals surface area (Å²) in [6.45, 7) is 6.58. The topological polar surface area (TPSA) is 60.7 Å². The maximum absolute atomic E-state index is 11.3. The van der Waals surface area contributed by atoms with Crippen molar-refractivity contribution in [3.05, 3.63) is 11.6 Å². The van der Waals surface area contributed by atoms with Gasteiger partial charge in [0.15, 0.2) is 0 Å². The van der Waals surface area contributed by atoms with Gasteiger partial charge in [-0.1, -0.05) is 25.5 Å². The van der Waals surface area contributed by atoms with Crippen LogP contribution in [0.1, 0.15) is 65.7 Å². The molecule has 4 aliphatic carbocycles. The third kappa shape index (κ3) is 2.06. The highest BCUT2D eigenvalue weighted by molar-refractivity contribution is 5.31. The van der Waals surface area contributed by atoms with Crippen LogP contribution in [0.4, 0.5) is 0 Å². The van der Waals surface area contributed by atoms with Gasteiger partial charge in [-0.2, -0.15) is 0 Å². The Labute approximate surface area is 139 Å². The van der Waals surface area contributed by atoms with E-state index >= 15 is 0 Å². The zero-order valence-electron chi connectivity index (χ0n) is 14.8. The van der Waals surface area contributed by atoms with Crippen molar-refractivity contribution >= 4 is 0 Å². The molecule has 0 aliphatic heterocycles. The number of fused-ring (bicyclic) bond motifs is 5. The Morgan fingerprint density at radius 3 is 2.43 bits per heavy atom. The Kier molecular flexibility index (Phi) is 3.38. The van der Waals surface area contributed by atoms with E-state index in [1.165, 1.54) is 5.57 Å². The van der Waals surface area contributed by atoms with Crippen LogP contribution in [0, 0.1) is 28.6 Å². The van der Waals surface area contributed by atoms with Crippen LogP contribution < -0.4 is 0 Å². The minimum Gasteiger partial charge on any atom is -0.393 e. The molecule has 3 fully saturated rings. The Morgan fingerprint density at radius 2 is 1.70 bits per heavy atom. The lowest BCUT2D eigenvalue weighted by Gasteiger charge is -2.61. The van der Waals surface area contributed by atoms with Gasteiger partial charge in [-0.3, -0.25) is 0 Å². The molecule has 3 unspecified atom stereocenters. The molecule has 130 valence electrons. The van der Waals surface area contributed by atoms with Crippen LogP contribution in [0.15, 0.2) is 11.6 Å². The molecule has 0 bridgehead atoms. The van der Waals surface area contributed by atoms with Gasteiger partial charge in [-0.15, -0.1) is 0 Å². The van der Waals surface area contributed by atoms with E-state index in [-0.39, 0.29) is 29.0 Å². The van der Waals surface area contributed by atoms with Gasteiger partial charge >= 0.3 is 0 Å². The fraction of sp³-hybridized carbons (Fsp3) is 0.900. The van der Waals surface area contributed by atoms with E-state index in [2.05, 4.69) is 19.9 Å². The predicted molar refractivity (Wildman–Crippen MR) is 89.7 cm³/mol. The molecule has 8 atom stereocenters. The lowest BCUT2D eigenvalue weighted by molar-refractivity contribution is -0.138. The van der Waals surface area contributed by atoms with E-state index in [9.17, 15) is 15.3 Å². The Bertz CT molecular complexity index is 539. The smallest absolute Gasteiger partial charge is 0.0836 e. The van der Waals surface area contributed by atoms with Crippen molar-refractivity contribution in [2.24, 2.45) is 28.6 Å². The molecule has 0 aromatic carbocycles. The lowest BCUT2D eigenvalue weighted by Crippen LogP contribution is -2.59. The molecule has 0 aromatic rings. The minimum atomic E-state index is -0.813. The van der Waals surface area contributed by atoms with Crippen molar-refractivity contribution in [2.45, 2.75) is 83.5 Å². The normalized spacial score (nSPS) is 58.9. The molecule has 0 saturated heterocycles. The van der Waals surface area contributed by atoms with E-state index in [1.807, 2.05) is 6.92 Å². The van der Waals surface area contributed by atoms with Gasteiger partial charge in [0.2, 0.25) is 0 Å². The van der Waals surface area contributed by atoms with Gasteiger partial charge in [-0.25, -0.2) is 0 Å². The van der Waals surface area contributed by atoms with E-state index in [0.717, 1.165) is 44.9 Å². The predicted octanol–water partition coefficient (Wildman–Crippen LogP) is 3.03. The van der Waals surface area contributed by atoms with Crippen LogP contribution in [0.5, 0.6) is 0 Å². The highest BCUT2D eigenvalue weighted by Crippen LogP contribution is 2.66. The van der Waals surface area contributed by atoms with Crippen LogP contribution in [0.3, 0.4) is 0 Å². The molecule has 0 amide bonds. The Hall–Kier alpha value is -0.380. The second-order valence-corrected chi connectivity index (χ2v) is 9.59. The zero-order valence-corrected chi connectivity index (χ0v) is 14.8. The van der Waals surface area contributed by atoms with Crippen LogP contribution in [-0.2, 0) is 0 Å². The number of hydrogen-bond acceptors (Lipinski definition) is 3. The van der Waals surface area contributed by atoms with E-state index in [0.29, 0.717) is 11.8 Å². The molecular weight excluding hydrogens is 288 g/mol. The van der Waals surface area contributed by atoms with Crippen molar-refractivity contribution in [3.63, 3.8) is 0 Å². The van der Waals surface area contributed by atoms with Crippen molar-refractivity contribution < 1.29 is 15.3 Å². The van der Waals surface area contributed by atoms with Gasteiger partial charge < -0.3 is 15.3 Å². The summed E-state index contributed by atoms with van der Waals surface area (Å²) < 4.78 is 0. The SMILES string of the molecule is CC1(O)C=C2CC(O)CC[C@]2(C)[C@@H]2CC[C@]3(C)C(O)CC[C@H]3[C@@H]21. The van der Waals surface area contributed by atoms with Crippen molar-refractivity contribution in [2.75, 3.05) is 0 Å². The average molecular weight is 320 g/mol. The van der Waals surface area contributed by atoms with Gasteiger partial charge in [0.1, 0.15) is 0 Å². The summed E-state index contributed by atoms with van der Waals surface area (Å²) in [5.41, 5.74) is 0.569. The lowest BCUT2D eigenvalue weighted by atomic mass is 9.45. The molecule has 3 nitrogen and oxygen atoms in total. The molecule has 23 heavy (non-hydrogen) atoms. The monoisotopic (exact) mass is 320 g/mol. The van der Waals surface area contributed by atoms with E-state index in [4.69, 9.17) is 0 Å². The van der Waals surface area contributed by atoms with Crippen molar-refractivity contribution in [1.29, 1.82) is 0 Å². The molecule has 4 aliphatic rings. The first-order chi connectivity index (χ1) is 10.7. The fourth-order valence-corrected chi connectivity index (χ4v) is 6.95. The van der Waals surface area contributed by atoms with Crippen LogP contribution in [-0.4, -0.2) is 33.1 Å². The van der Waals surface area contributed by atoms with Crippen molar-refractivity contribution in [1.82, 2.24) is 0 Å². The summed E-state index contributed by atoms with van der Waals surface area (Å²) in [5.74, 6) is 1.13. The maximum Gasteiger partial charge on any atom is 0.0836 e. The maximum atomic E-state index is 11.3. The van der Waals surface area contributed by atoms with E-state index < -0.39 is 5.60 Å². The van der Waals surface area contributed by atoms with E-state index in [1.54, 1.807) is 0 Å². The first kappa shape index (κ1) is 16.1. The second-order valence-electron chi connectivity index (χ2n) is 9.59. The highest BCUT2D eigenvalue weighted by atomic mass is 16.3. The molecular formula is C20H32O3. The molecule has 0 radical (unpaired) electrons. The van der Waals surface area contributed by atoms with Crippen LogP contribution >= 0.6 is 0 Å². The standard InChI is InChI=1S/C20H32O3/c1-18-8-6-13(21)10-12(18)11-20(3,23)17-14-4-5-16(22)19(14,2)9-7-15(17)18/h11,13-17,21-23H,4-10H2,1-3H3/t13?,14-,15+,16?,17-,18-,19-,20?/m0/s1. The quantitative estimate of drug-likeness (QED) is 0.601. The summed E-state index contributed by atoms with van der Waals surface area (Å²) in [6.07, 6.45) is 8.35.